The van der Waals surface area contributed by atoms with E-state index in [4.69, 9.17) is 0 Å². The van der Waals surface area contributed by atoms with Gasteiger partial charge < -0.3 is 15.7 Å². The third-order valence-corrected chi connectivity index (χ3v) is 4.52. The number of carbonyl (C=O) groups is 1. The number of thioether (sulfide) groups is 1. The number of aliphatic hydroxyl groups is 1. The molecule has 1 fully saturated rings. The number of aliphatic hydroxyl groups excluding tert-OH is 1. The summed E-state index contributed by atoms with van der Waals surface area (Å²) in [6.45, 7) is 1.40. The summed E-state index contributed by atoms with van der Waals surface area (Å²) >= 11 is 2.97. The fourth-order valence-electron chi connectivity index (χ4n) is 1.69. The molecular formula is C10H15N3O2S2. The summed E-state index contributed by atoms with van der Waals surface area (Å²) in [6, 6.07) is -0.226. The van der Waals surface area contributed by atoms with Gasteiger partial charge in [0, 0.05) is 11.9 Å². The van der Waals surface area contributed by atoms with Crippen molar-refractivity contribution in [2.45, 2.75) is 22.9 Å². The highest BCUT2D eigenvalue weighted by Gasteiger charge is 2.25. The Hall–Kier alpha value is -0.630. The van der Waals surface area contributed by atoms with Gasteiger partial charge in [-0.15, -0.1) is 11.3 Å². The zero-order valence-electron chi connectivity index (χ0n) is 9.47. The Morgan fingerprint density at radius 3 is 3.24 bits per heavy atom. The number of nitrogens with zero attached hydrogens (tertiary/aromatic N) is 1. The minimum absolute atomic E-state index is 0.214. The molecule has 3 N–H and O–H groups in total. The normalized spacial score (nSPS) is 24.6. The maximum atomic E-state index is 11.9. The average molecular weight is 273 g/mol. The van der Waals surface area contributed by atoms with Crippen LogP contribution in [-0.2, 0) is 0 Å². The molecule has 0 radical (unpaired) electrons. The summed E-state index contributed by atoms with van der Waals surface area (Å²) in [4.78, 5) is 16.1. The molecule has 7 heteroatoms. The molecular weight excluding hydrogens is 258 g/mol. The average Bonchev–Trinajstić information content (AvgIpc) is 2.81. The van der Waals surface area contributed by atoms with Crippen molar-refractivity contribution < 1.29 is 9.90 Å². The van der Waals surface area contributed by atoms with Crippen molar-refractivity contribution in [1.29, 1.82) is 0 Å². The summed E-state index contributed by atoms with van der Waals surface area (Å²) in [5, 5.41) is 17.4. The van der Waals surface area contributed by atoms with Crippen LogP contribution in [0.15, 0.2) is 9.72 Å². The second-order valence-electron chi connectivity index (χ2n) is 3.84. The van der Waals surface area contributed by atoms with Crippen LogP contribution in [-0.4, -0.2) is 47.5 Å². The Bertz CT molecular complexity index is 397. The Morgan fingerprint density at radius 1 is 1.76 bits per heavy atom. The number of piperidine rings is 1. The first-order chi connectivity index (χ1) is 8.20. The van der Waals surface area contributed by atoms with Crippen LogP contribution in [0.3, 0.4) is 0 Å². The highest BCUT2D eigenvalue weighted by atomic mass is 32.2. The van der Waals surface area contributed by atoms with Gasteiger partial charge in [0.25, 0.3) is 5.91 Å². The van der Waals surface area contributed by atoms with Gasteiger partial charge in [0.15, 0.2) is 0 Å². The minimum Gasteiger partial charge on any atom is -0.391 e. The SMILES string of the molecule is CSc1nc(C(=O)N[C@H]2CNCC[C@H]2O)cs1. The van der Waals surface area contributed by atoms with E-state index in [1.54, 1.807) is 5.38 Å². The highest BCUT2D eigenvalue weighted by molar-refractivity contribution is 8.00. The zero-order chi connectivity index (χ0) is 12.3. The molecule has 0 unspecified atom stereocenters. The van der Waals surface area contributed by atoms with E-state index in [2.05, 4.69) is 15.6 Å². The van der Waals surface area contributed by atoms with E-state index in [-0.39, 0.29) is 11.9 Å². The zero-order valence-corrected chi connectivity index (χ0v) is 11.1. The van der Waals surface area contributed by atoms with Gasteiger partial charge in [0.2, 0.25) is 0 Å². The summed E-state index contributed by atoms with van der Waals surface area (Å²) in [6.07, 6.45) is 2.12. The van der Waals surface area contributed by atoms with Gasteiger partial charge in [-0.1, -0.05) is 11.8 Å². The van der Waals surface area contributed by atoms with Gasteiger partial charge >= 0.3 is 0 Å². The number of aromatic nitrogens is 1. The van der Waals surface area contributed by atoms with Crippen LogP contribution >= 0.6 is 23.1 Å². The fourth-order valence-corrected chi connectivity index (χ4v) is 2.93. The maximum Gasteiger partial charge on any atom is 0.271 e. The summed E-state index contributed by atoms with van der Waals surface area (Å²) < 4.78 is 0.873. The molecule has 1 saturated heterocycles. The van der Waals surface area contributed by atoms with Crippen LogP contribution < -0.4 is 10.6 Å². The Kier molecular flexibility index (Phi) is 4.38. The second kappa shape index (κ2) is 5.81. The summed E-state index contributed by atoms with van der Waals surface area (Å²) in [5.74, 6) is -0.214. The lowest BCUT2D eigenvalue weighted by atomic mass is 10.0. The molecule has 17 heavy (non-hydrogen) atoms. The van der Waals surface area contributed by atoms with Crippen LogP contribution in [0, 0.1) is 0 Å². The smallest absolute Gasteiger partial charge is 0.271 e. The number of hydrogen-bond acceptors (Lipinski definition) is 6. The van der Waals surface area contributed by atoms with Crippen molar-refractivity contribution in [2.75, 3.05) is 19.3 Å². The molecule has 2 atom stereocenters. The first kappa shape index (κ1) is 12.8. The standard InChI is InChI=1S/C10H15N3O2S2/c1-16-10-13-7(5-17-10)9(15)12-6-4-11-3-2-8(6)14/h5-6,8,11,14H,2-4H2,1H3,(H,12,15)/t6-,8+/m0/s1. The predicted molar refractivity (Wildman–Crippen MR) is 68.6 cm³/mol. The van der Waals surface area contributed by atoms with E-state index < -0.39 is 6.10 Å². The topological polar surface area (TPSA) is 74.2 Å². The molecule has 5 nitrogen and oxygen atoms in total. The van der Waals surface area contributed by atoms with Crippen molar-refractivity contribution >= 4 is 29.0 Å². The molecule has 0 bridgehead atoms. The van der Waals surface area contributed by atoms with E-state index in [1.165, 1.54) is 23.1 Å². The number of hydrogen-bond donors (Lipinski definition) is 3. The Labute approximate surface area is 108 Å². The third kappa shape index (κ3) is 3.19. The van der Waals surface area contributed by atoms with Gasteiger partial charge in [-0.05, 0) is 19.2 Å². The summed E-state index contributed by atoms with van der Waals surface area (Å²) in [7, 11) is 0. The monoisotopic (exact) mass is 273 g/mol. The molecule has 1 amide bonds. The molecule has 0 aliphatic carbocycles. The molecule has 2 heterocycles. The van der Waals surface area contributed by atoms with Gasteiger partial charge in [-0.25, -0.2) is 4.98 Å². The van der Waals surface area contributed by atoms with E-state index in [9.17, 15) is 9.90 Å². The minimum atomic E-state index is -0.473. The number of nitrogens with one attached hydrogen (secondary N) is 2. The first-order valence-corrected chi connectivity index (χ1v) is 7.50. The molecule has 1 aromatic heterocycles. The molecule has 0 spiro atoms. The van der Waals surface area contributed by atoms with Crippen molar-refractivity contribution in [3.63, 3.8) is 0 Å². The van der Waals surface area contributed by atoms with Crippen molar-refractivity contribution in [2.24, 2.45) is 0 Å². The third-order valence-electron chi connectivity index (χ3n) is 2.65. The van der Waals surface area contributed by atoms with Crippen molar-refractivity contribution in [1.82, 2.24) is 15.6 Å². The van der Waals surface area contributed by atoms with E-state index in [0.717, 1.165) is 10.9 Å². The van der Waals surface area contributed by atoms with Crippen LogP contribution in [0.1, 0.15) is 16.9 Å². The van der Waals surface area contributed by atoms with E-state index >= 15 is 0 Å². The molecule has 1 aliphatic rings. The van der Waals surface area contributed by atoms with Gasteiger partial charge in [-0.2, -0.15) is 0 Å². The molecule has 0 saturated carbocycles. The Balaban J connectivity index is 1.96. The number of amides is 1. The number of thiazole rings is 1. The van der Waals surface area contributed by atoms with Gasteiger partial charge in [-0.3, -0.25) is 4.79 Å². The van der Waals surface area contributed by atoms with Crippen LogP contribution in [0.25, 0.3) is 0 Å². The molecule has 1 aliphatic heterocycles. The molecule has 1 aromatic rings. The van der Waals surface area contributed by atoms with Gasteiger partial charge in [0.05, 0.1) is 12.1 Å². The van der Waals surface area contributed by atoms with Crippen molar-refractivity contribution in [3.8, 4) is 0 Å². The van der Waals surface area contributed by atoms with E-state index in [0.29, 0.717) is 18.7 Å². The quantitative estimate of drug-likeness (QED) is 0.692. The largest absolute Gasteiger partial charge is 0.391 e. The van der Waals surface area contributed by atoms with Crippen LogP contribution in [0.2, 0.25) is 0 Å². The summed E-state index contributed by atoms with van der Waals surface area (Å²) in [5.41, 5.74) is 0.428. The first-order valence-electron chi connectivity index (χ1n) is 5.40. The Morgan fingerprint density at radius 2 is 2.59 bits per heavy atom. The molecule has 0 aromatic carbocycles. The molecule has 94 valence electrons. The van der Waals surface area contributed by atoms with Crippen molar-refractivity contribution in [3.05, 3.63) is 11.1 Å². The lowest BCUT2D eigenvalue weighted by Gasteiger charge is -2.28. The van der Waals surface area contributed by atoms with Gasteiger partial charge in [0.1, 0.15) is 10.0 Å². The predicted octanol–water partition coefficient (Wildman–Crippen LogP) is 0.318. The van der Waals surface area contributed by atoms with Crippen LogP contribution in [0.4, 0.5) is 0 Å². The van der Waals surface area contributed by atoms with Crippen LogP contribution in [0.5, 0.6) is 0 Å². The fraction of sp³-hybridized carbons (Fsp3) is 0.600. The van der Waals surface area contributed by atoms with E-state index in [1.807, 2.05) is 6.26 Å². The highest BCUT2D eigenvalue weighted by Crippen LogP contribution is 2.19. The second-order valence-corrected chi connectivity index (χ2v) is 5.75. The number of carbonyl (C=O) groups excluding carboxylic acids is 1. The lowest BCUT2D eigenvalue weighted by Crippen LogP contribution is -2.53. The maximum absolute atomic E-state index is 11.9. The lowest BCUT2D eigenvalue weighted by molar-refractivity contribution is 0.0751. The molecule has 2 rings (SSSR count). The number of rotatable bonds is 3.